The van der Waals surface area contributed by atoms with Crippen LogP contribution in [0, 0.1) is 23.2 Å². The molecule has 1 aliphatic heterocycles. The van der Waals surface area contributed by atoms with Gasteiger partial charge in [0.05, 0.1) is 24.4 Å². The number of nitrogens with one attached hydrogen (secondary N) is 3. The Kier molecular flexibility index (Phi) is 10.4. The number of likely N-dealkylation sites (N-methyl/N-ethyl adjacent to an activating group) is 1. The summed E-state index contributed by atoms with van der Waals surface area (Å²) in [5, 5.41) is 16.3. The van der Waals surface area contributed by atoms with Crippen LogP contribution in [-0.4, -0.2) is 95.0 Å². The zero-order valence-electron chi connectivity index (χ0n) is 22.1. The van der Waals surface area contributed by atoms with Gasteiger partial charge in [-0.3, -0.25) is 19.3 Å². The van der Waals surface area contributed by atoms with Gasteiger partial charge in [-0.1, -0.05) is 13.0 Å². The van der Waals surface area contributed by atoms with Gasteiger partial charge >= 0.3 is 6.18 Å². The lowest BCUT2D eigenvalue weighted by molar-refractivity contribution is -0.141. The van der Waals surface area contributed by atoms with Crippen molar-refractivity contribution in [3.05, 3.63) is 18.2 Å². The van der Waals surface area contributed by atoms with Crippen LogP contribution in [0.1, 0.15) is 26.7 Å². The third-order valence-electron chi connectivity index (χ3n) is 6.72. The van der Waals surface area contributed by atoms with Crippen LogP contribution in [0.25, 0.3) is 0 Å². The number of rotatable bonds is 11. The van der Waals surface area contributed by atoms with Gasteiger partial charge in [0.1, 0.15) is 23.4 Å². The van der Waals surface area contributed by atoms with Crippen molar-refractivity contribution in [1.82, 2.24) is 20.1 Å². The second-order valence-electron chi connectivity index (χ2n) is 9.69. The van der Waals surface area contributed by atoms with Gasteiger partial charge in [-0.25, -0.2) is 4.98 Å². The molecule has 4 unspecified atom stereocenters. The van der Waals surface area contributed by atoms with Gasteiger partial charge < -0.3 is 20.9 Å². The number of carbonyl (C=O) groups excluding carboxylic acids is 3. The van der Waals surface area contributed by atoms with E-state index in [0.29, 0.717) is 18.2 Å². The Hall–Kier alpha value is -3.05. The topological polar surface area (TPSA) is 130 Å². The minimum atomic E-state index is -4.57. The SMILES string of the molecule is CCCN(C)CC(=O)Nc1cccc(NC[C@H]2SC3C(C(=O)NCC(F)(F)F)C(C#N)CC3N(CC)C2=O)n1. The smallest absolute Gasteiger partial charge is 0.368 e. The van der Waals surface area contributed by atoms with E-state index in [9.17, 15) is 32.8 Å². The number of halogens is 3. The Balaban J connectivity index is 1.68. The number of fused-ring (bicyclic) bond motifs is 1. The van der Waals surface area contributed by atoms with E-state index in [-0.39, 0.29) is 31.3 Å². The molecular weight excluding hydrogens is 535 g/mol. The predicted molar refractivity (Wildman–Crippen MR) is 142 cm³/mol. The number of aromatic nitrogens is 1. The normalized spacial score (nSPS) is 24.7. The Morgan fingerprint density at radius 1 is 1.28 bits per heavy atom. The van der Waals surface area contributed by atoms with E-state index >= 15 is 0 Å². The van der Waals surface area contributed by atoms with E-state index in [0.717, 1.165) is 13.0 Å². The third kappa shape index (κ3) is 7.98. The average molecular weight is 570 g/mol. The Bertz CT molecular complexity index is 1080. The summed E-state index contributed by atoms with van der Waals surface area (Å²) in [7, 11) is 1.85. The average Bonchev–Trinajstić information content (AvgIpc) is 3.24. The summed E-state index contributed by atoms with van der Waals surface area (Å²) in [6.45, 7) is 3.83. The van der Waals surface area contributed by atoms with Crippen molar-refractivity contribution < 1.29 is 27.6 Å². The summed E-state index contributed by atoms with van der Waals surface area (Å²) in [6, 6.07) is 6.69. The number of hydrogen-bond donors (Lipinski definition) is 3. The highest BCUT2D eigenvalue weighted by Gasteiger charge is 2.55. The summed E-state index contributed by atoms with van der Waals surface area (Å²) in [4.78, 5) is 46.2. The molecule has 0 spiro atoms. The van der Waals surface area contributed by atoms with E-state index in [2.05, 4.69) is 21.7 Å². The molecule has 214 valence electrons. The number of anilines is 2. The molecule has 5 atom stereocenters. The molecule has 14 heteroatoms. The molecule has 1 saturated carbocycles. The van der Waals surface area contributed by atoms with Crippen molar-refractivity contribution in [2.24, 2.45) is 11.8 Å². The first kappa shape index (κ1) is 30.5. The zero-order valence-corrected chi connectivity index (χ0v) is 22.9. The quantitative estimate of drug-likeness (QED) is 0.370. The lowest BCUT2D eigenvalue weighted by atomic mass is 9.96. The van der Waals surface area contributed by atoms with Crippen molar-refractivity contribution >= 4 is 41.1 Å². The molecular formula is C25H34F3N7O3S. The number of hydrogen-bond acceptors (Lipinski definition) is 8. The number of alkyl halides is 3. The van der Waals surface area contributed by atoms with Crippen molar-refractivity contribution in [3.63, 3.8) is 0 Å². The Labute approximate surface area is 230 Å². The number of nitrogens with zero attached hydrogens (tertiary/aromatic N) is 4. The van der Waals surface area contributed by atoms with Gasteiger partial charge in [0.25, 0.3) is 0 Å². The van der Waals surface area contributed by atoms with Gasteiger partial charge in [-0.2, -0.15) is 18.4 Å². The van der Waals surface area contributed by atoms with Gasteiger partial charge in [0.2, 0.25) is 17.7 Å². The number of amides is 3. The number of carbonyl (C=O) groups is 3. The summed E-state index contributed by atoms with van der Waals surface area (Å²) < 4.78 is 38.1. The summed E-state index contributed by atoms with van der Waals surface area (Å²) in [5.41, 5.74) is 0. The number of pyridine rings is 1. The van der Waals surface area contributed by atoms with Crippen LogP contribution in [0.15, 0.2) is 18.2 Å². The number of nitriles is 1. The monoisotopic (exact) mass is 569 g/mol. The van der Waals surface area contributed by atoms with Crippen molar-refractivity contribution in [3.8, 4) is 6.07 Å². The maximum atomic E-state index is 13.3. The van der Waals surface area contributed by atoms with Crippen molar-refractivity contribution in [2.75, 3.05) is 50.4 Å². The Morgan fingerprint density at radius 3 is 2.64 bits per heavy atom. The van der Waals surface area contributed by atoms with Crippen LogP contribution in [0.2, 0.25) is 0 Å². The fourth-order valence-corrected chi connectivity index (χ4v) is 6.80. The summed E-state index contributed by atoms with van der Waals surface area (Å²) in [5.74, 6) is -2.21. The molecule has 1 aromatic rings. The maximum absolute atomic E-state index is 13.3. The molecule has 3 rings (SSSR count). The minimum Gasteiger partial charge on any atom is -0.368 e. The molecule has 2 fully saturated rings. The first-order chi connectivity index (χ1) is 18.5. The van der Waals surface area contributed by atoms with Crippen LogP contribution in [0.3, 0.4) is 0 Å². The molecule has 0 aromatic carbocycles. The molecule has 1 aromatic heterocycles. The molecule has 3 N–H and O–H groups in total. The first-order valence-corrected chi connectivity index (χ1v) is 13.8. The Morgan fingerprint density at radius 2 is 2.00 bits per heavy atom. The highest BCUT2D eigenvalue weighted by Crippen LogP contribution is 2.47. The molecule has 0 bridgehead atoms. The van der Waals surface area contributed by atoms with Crippen molar-refractivity contribution in [1.29, 1.82) is 5.26 Å². The zero-order chi connectivity index (χ0) is 28.7. The van der Waals surface area contributed by atoms with Crippen LogP contribution in [0.4, 0.5) is 24.8 Å². The second kappa shape index (κ2) is 13.3. The van der Waals surface area contributed by atoms with Gasteiger partial charge in [-0.15, -0.1) is 11.8 Å². The second-order valence-corrected chi connectivity index (χ2v) is 11.1. The van der Waals surface area contributed by atoms with Gasteiger partial charge in [0.15, 0.2) is 0 Å². The van der Waals surface area contributed by atoms with E-state index in [1.165, 1.54) is 11.8 Å². The fourth-order valence-electron chi connectivity index (χ4n) is 5.07. The lowest BCUT2D eigenvalue weighted by Gasteiger charge is -2.41. The van der Waals surface area contributed by atoms with Gasteiger partial charge in [0, 0.05) is 24.4 Å². The molecule has 2 aliphatic rings. The fraction of sp³-hybridized carbons (Fsp3) is 0.640. The minimum absolute atomic E-state index is 0.140. The molecule has 3 amide bonds. The molecule has 1 saturated heterocycles. The highest BCUT2D eigenvalue weighted by molar-refractivity contribution is 8.01. The largest absolute Gasteiger partial charge is 0.405 e. The molecule has 2 heterocycles. The van der Waals surface area contributed by atoms with Gasteiger partial charge in [-0.05, 0) is 45.5 Å². The van der Waals surface area contributed by atoms with E-state index in [1.54, 1.807) is 30.0 Å². The van der Waals surface area contributed by atoms with E-state index in [4.69, 9.17) is 0 Å². The van der Waals surface area contributed by atoms with Crippen LogP contribution in [0.5, 0.6) is 0 Å². The van der Waals surface area contributed by atoms with Crippen LogP contribution >= 0.6 is 11.8 Å². The first-order valence-electron chi connectivity index (χ1n) is 12.9. The van der Waals surface area contributed by atoms with E-state index < -0.39 is 47.0 Å². The molecule has 1 aliphatic carbocycles. The van der Waals surface area contributed by atoms with Crippen LogP contribution in [-0.2, 0) is 14.4 Å². The van der Waals surface area contributed by atoms with Crippen molar-refractivity contribution in [2.45, 2.75) is 49.4 Å². The maximum Gasteiger partial charge on any atom is 0.405 e. The molecule has 0 radical (unpaired) electrons. The molecule has 10 nitrogen and oxygen atoms in total. The third-order valence-corrected chi connectivity index (χ3v) is 8.34. The lowest BCUT2D eigenvalue weighted by Crippen LogP contribution is -2.56. The number of thioether (sulfide) groups is 1. The predicted octanol–water partition coefficient (Wildman–Crippen LogP) is 2.31. The molecule has 39 heavy (non-hydrogen) atoms. The highest BCUT2D eigenvalue weighted by atomic mass is 32.2. The summed E-state index contributed by atoms with van der Waals surface area (Å²) in [6.07, 6.45) is -3.42. The van der Waals surface area contributed by atoms with E-state index in [1.807, 2.05) is 24.2 Å². The standard InChI is InChI=1S/C25H34F3N7O3S/c1-4-9-34(3)13-20(36)33-19-8-6-7-18(32-19)30-12-17-24(38)35(5-2)16-10-15(11-29)21(22(16)39-17)23(37)31-14-25(26,27)28/h6-8,15-17,21-22H,4-5,9-10,12-14H2,1-3H3,(H,31,37)(H2,30,32,33,36)/t15?,16?,17-,21?,22?/m1/s1. The summed E-state index contributed by atoms with van der Waals surface area (Å²) >= 11 is 1.21. The van der Waals surface area contributed by atoms with Crippen LogP contribution < -0.4 is 16.0 Å².